The van der Waals surface area contributed by atoms with Crippen LogP contribution in [0.25, 0.3) is 0 Å². The standard InChI is InChI=1S/C16H19NO5/c18-14(7-8-16(20)21)12-3-5-13(6-4-12)22-11-15(19)17-9-1-2-10-17/h3-6H,1-2,7-11H2,(H,20,21). The molecule has 1 N–H and O–H groups in total. The van der Waals surface area contributed by atoms with Crippen molar-refractivity contribution in [2.45, 2.75) is 25.7 Å². The highest BCUT2D eigenvalue weighted by atomic mass is 16.5. The Morgan fingerprint density at radius 2 is 1.68 bits per heavy atom. The number of benzene rings is 1. The van der Waals surface area contributed by atoms with Gasteiger partial charge in [-0.15, -0.1) is 0 Å². The van der Waals surface area contributed by atoms with E-state index in [4.69, 9.17) is 9.84 Å². The molecule has 2 rings (SSSR count). The second kappa shape index (κ2) is 7.59. The normalized spacial score (nSPS) is 13.9. The zero-order valence-electron chi connectivity index (χ0n) is 12.3. The third kappa shape index (κ3) is 4.58. The number of ketones is 1. The Bertz CT molecular complexity index is 546. The van der Waals surface area contributed by atoms with E-state index in [-0.39, 0.29) is 31.1 Å². The van der Waals surface area contributed by atoms with Gasteiger partial charge in [-0.1, -0.05) is 0 Å². The van der Waals surface area contributed by atoms with Gasteiger partial charge in [-0.05, 0) is 37.1 Å². The van der Waals surface area contributed by atoms with Gasteiger partial charge in [0.15, 0.2) is 12.4 Å². The molecule has 118 valence electrons. The van der Waals surface area contributed by atoms with Crippen LogP contribution in [-0.2, 0) is 9.59 Å². The lowest BCUT2D eigenvalue weighted by molar-refractivity contribution is -0.137. The summed E-state index contributed by atoms with van der Waals surface area (Å²) in [5, 5.41) is 8.56. The molecule has 1 fully saturated rings. The first-order valence-corrected chi connectivity index (χ1v) is 7.32. The van der Waals surface area contributed by atoms with E-state index in [1.807, 2.05) is 0 Å². The minimum absolute atomic E-state index is 0.00763. The molecule has 0 unspecified atom stereocenters. The molecule has 0 radical (unpaired) electrons. The number of carboxylic acid groups (broad SMARTS) is 1. The second-order valence-corrected chi connectivity index (χ2v) is 5.22. The smallest absolute Gasteiger partial charge is 0.303 e. The van der Waals surface area contributed by atoms with Crippen molar-refractivity contribution in [1.29, 1.82) is 0 Å². The Morgan fingerprint density at radius 3 is 2.27 bits per heavy atom. The van der Waals surface area contributed by atoms with E-state index in [1.54, 1.807) is 29.2 Å². The highest BCUT2D eigenvalue weighted by molar-refractivity contribution is 5.97. The van der Waals surface area contributed by atoms with Crippen molar-refractivity contribution < 1.29 is 24.2 Å². The Hall–Kier alpha value is -2.37. The molecule has 22 heavy (non-hydrogen) atoms. The lowest BCUT2D eigenvalue weighted by Crippen LogP contribution is -2.32. The minimum Gasteiger partial charge on any atom is -0.484 e. The molecule has 1 aliphatic rings. The van der Waals surface area contributed by atoms with Crippen molar-refractivity contribution in [3.05, 3.63) is 29.8 Å². The molecule has 1 amide bonds. The Balaban J connectivity index is 1.82. The molecule has 6 heteroatoms. The van der Waals surface area contributed by atoms with E-state index in [1.165, 1.54) is 0 Å². The van der Waals surface area contributed by atoms with Gasteiger partial charge in [-0.25, -0.2) is 0 Å². The van der Waals surface area contributed by atoms with Gasteiger partial charge < -0.3 is 14.7 Å². The molecule has 0 saturated carbocycles. The van der Waals surface area contributed by atoms with Crippen LogP contribution >= 0.6 is 0 Å². The summed E-state index contributed by atoms with van der Waals surface area (Å²) in [7, 11) is 0. The van der Waals surface area contributed by atoms with Crippen molar-refractivity contribution in [3.8, 4) is 5.75 Å². The number of hydrogen-bond donors (Lipinski definition) is 1. The van der Waals surface area contributed by atoms with E-state index < -0.39 is 5.97 Å². The number of amides is 1. The van der Waals surface area contributed by atoms with E-state index in [0.717, 1.165) is 25.9 Å². The number of rotatable bonds is 7. The summed E-state index contributed by atoms with van der Waals surface area (Å²) in [5.41, 5.74) is 0.444. The van der Waals surface area contributed by atoms with Crippen LogP contribution in [0.3, 0.4) is 0 Å². The van der Waals surface area contributed by atoms with Gasteiger partial charge in [0.2, 0.25) is 0 Å². The molecule has 1 aromatic rings. The molecule has 1 saturated heterocycles. The van der Waals surface area contributed by atoms with Gasteiger partial charge in [0.05, 0.1) is 6.42 Å². The lowest BCUT2D eigenvalue weighted by Gasteiger charge is -2.15. The van der Waals surface area contributed by atoms with Crippen molar-refractivity contribution in [2.24, 2.45) is 0 Å². The van der Waals surface area contributed by atoms with Crippen LogP contribution in [0.2, 0.25) is 0 Å². The van der Waals surface area contributed by atoms with Crippen LogP contribution in [0.4, 0.5) is 0 Å². The summed E-state index contributed by atoms with van der Waals surface area (Å²) in [4.78, 5) is 35.8. The van der Waals surface area contributed by atoms with Gasteiger partial charge in [0.25, 0.3) is 5.91 Å². The van der Waals surface area contributed by atoms with Crippen LogP contribution in [-0.4, -0.2) is 47.4 Å². The van der Waals surface area contributed by atoms with E-state index in [0.29, 0.717) is 11.3 Å². The first-order valence-electron chi connectivity index (χ1n) is 7.32. The molecule has 0 spiro atoms. The first kappa shape index (κ1) is 16.0. The maximum absolute atomic E-state index is 11.8. The molecule has 0 bridgehead atoms. The number of aliphatic carboxylic acids is 1. The van der Waals surface area contributed by atoms with Gasteiger partial charge in [0, 0.05) is 25.1 Å². The number of nitrogens with zero attached hydrogens (tertiary/aromatic N) is 1. The maximum atomic E-state index is 11.8. The molecule has 0 aliphatic carbocycles. The highest BCUT2D eigenvalue weighted by Gasteiger charge is 2.18. The zero-order valence-corrected chi connectivity index (χ0v) is 12.3. The van der Waals surface area contributed by atoms with Crippen LogP contribution in [0.15, 0.2) is 24.3 Å². The number of carbonyl (C=O) groups excluding carboxylic acids is 2. The number of carbonyl (C=O) groups is 3. The quantitative estimate of drug-likeness (QED) is 0.776. The fourth-order valence-electron chi connectivity index (χ4n) is 2.30. The predicted molar refractivity (Wildman–Crippen MR) is 79.0 cm³/mol. The molecular weight excluding hydrogens is 286 g/mol. The summed E-state index contributed by atoms with van der Waals surface area (Å²) in [6.07, 6.45) is 1.88. The third-order valence-corrected chi connectivity index (χ3v) is 3.56. The summed E-state index contributed by atoms with van der Waals surface area (Å²) in [6.45, 7) is 1.57. The van der Waals surface area contributed by atoms with Crippen LogP contribution in [0.5, 0.6) is 5.75 Å². The van der Waals surface area contributed by atoms with Gasteiger partial charge >= 0.3 is 5.97 Å². The second-order valence-electron chi connectivity index (χ2n) is 5.22. The van der Waals surface area contributed by atoms with E-state index >= 15 is 0 Å². The Morgan fingerprint density at radius 1 is 1.05 bits per heavy atom. The average molecular weight is 305 g/mol. The molecule has 1 aromatic carbocycles. The Labute approximate surface area is 128 Å². The van der Waals surface area contributed by atoms with Crippen LogP contribution in [0, 0.1) is 0 Å². The maximum Gasteiger partial charge on any atom is 0.303 e. The fourth-order valence-corrected chi connectivity index (χ4v) is 2.30. The molecule has 1 aliphatic heterocycles. The minimum atomic E-state index is -0.992. The molecular formula is C16H19NO5. The van der Waals surface area contributed by atoms with Gasteiger partial charge in [0.1, 0.15) is 5.75 Å². The fraction of sp³-hybridized carbons (Fsp3) is 0.438. The monoisotopic (exact) mass is 305 g/mol. The molecule has 0 aromatic heterocycles. The number of carboxylic acids is 1. The molecule has 1 heterocycles. The molecule has 6 nitrogen and oxygen atoms in total. The third-order valence-electron chi connectivity index (χ3n) is 3.56. The zero-order chi connectivity index (χ0) is 15.9. The number of ether oxygens (including phenoxy) is 1. The number of likely N-dealkylation sites (tertiary alicyclic amines) is 1. The summed E-state index contributed by atoms with van der Waals surface area (Å²) < 4.78 is 5.42. The lowest BCUT2D eigenvalue weighted by atomic mass is 10.1. The summed E-state index contributed by atoms with van der Waals surface area (Å²) in [5.74, 6) is -0.725. The van der Waals surface area contributed by atoms with Gasteiger partial charge in [-0.2, -0.15) is 0 Å². The van der Waals surface area contributed by atoms with Crippen molar-refractivity contribution >= 4 is 17.7 Å². The largest absolute Gasteiger partial charge is 0.484 e. The van der Waals surface area contributed by atoms with Crippen molar-refractivity contribution in [3.63, 3.8) is 0 Å². The van der Waals surface area contributed by atoms with Crippen LogP contribution < -0.4 is 4.74 Å². The SMILES string of the molecule is O=C(O)CCC(=O)c1ccc(OCC(=O)N2CCCC2)cc1. The molecule has 0 atom stereocenters. The summed E-state index contributed by atoms with van der Waals surface area (Å²) >= 11 is 0. The number of Topliss-reactive ketones (excluding diaryl/α,β-unsaturated/α-hetero) is 1. The average Bonchev–Trinajstić information content (AvgIpc) is 3.05. The van der Waals surface area contributed by atoms with E-state index in [2.05, 4.69) is 0 Å². The first-order chi connectivity index (χ1) is 10.6. The topological polar surface area (TPSA) is 83.9 Å². The van der Waals surface area contributed by atoms with E-state index in [9.17, 15) is 14.4 Å². The summed E-state index contributed by atoms with van der Waals surface area (Å²) in [6, 6.07) is 6.40. The Kier molecular flexibility index (Phi) is 5.52. The van der Waals surface area contributed by atoms with Crippen molar-refractivity contribution in [2.75, 3.05) is 19.7 Å². The van der Waals surface area contributed by atoms with Gasteiger partial charge in [-0.3, -0.25) is 14.4 Å². The van der Waals surface area contributed by atoms with Crippen LogP contribution in [0.1, 0.15) is 36.0 Å². The number of hydrogen-bond acceptors (Lipinski definition) is 4. The van der Waals surface area contributed by atoms with Crippen molar-refractivity contribution in [1.82, 2.24) is 4.90 Å². The highest BCUT2D eigenvalue weighted by Crippen LogP contribution is 2.15. The predicted octanol–water partition coefficient (Wildman–Crippen LogP) is 1.74.